The molecule has 0 aromatic rings. The van der Waals surface area contributed by atoms with Gasteiger partial charge in [-0.3, -0.25) is 9.69 Å². The first-order valence-electron chi connectivity index (χ1n) is 4.63. The lowest BCUT2D eigenvalue weighted by Gasteiger charge is -2.13. The molecular formula is C9H15NO2. The molecule has 1 saturated carbocycles. The third-order valence-corrected chi connectivity index (χ3v) is 2.82. The zero-order valence-electron chi connectivity index (χ0n) is 7.45. The third-order valence-electron chi connectivity index (χ3n) is 2.82. The molecule has 2 fully saturated rings. The lowest BCUT2D eigenvalue weighted by molar-refractivity contribution is -0.144. The SMILES string of the molecule is COC(=O)C1CCN(C2CC2)C1. The summed E-state index contributed by atoms with van der Waals surface area (Å²) in [5.74, 6) is 0.119. The number of rotatable bonds is 2. The summed E-state index contributed by atoms with van der Waals surface area (Å²) in [5, 5.41) is 0. The maximum atomic E-state index is 11.2. The van der Waals surface area contributed by atoms with Gasteiger partial charge in [-0.15, -0.1) is 0 Å². The highest BCUT2D eigenvalue weighted by Gasteiger charge is 2.37. The van der Waals surface area contributed by atoms with Crippen molar-refractivity contribution in [2.24, 2.45) is 5.92 Å². The molecule has 1 unspecified atom stereocenters. The topological polar surface area (TPSA) is 29.5 Å². The van der Waals surface area contributed by atoms with E-state index in [1.54, 1.807) is 0 Å². The van der Waals surface area contributed by atoms with Gasteiger partial charge in [-0.2, -0.15) is 0 Å². The number of methoxy groups -OCH3 is 1. The Kier molecular flexibility index (Phi) is 2.05. The van der Waals surface area contributed by atoms with Crippen LogP contribution in [-0.4, -0.2) is 37.1 Å². The van der Waals surface area contributed by atoms with Gasteiger partial charge in [-0.1, -0.05) is 0 Å². The number of esters is 1. The number of carbonyl (C=O) groups is 1. The molecule has 1 saturated heterocycles. The molecule has 0 aromatic carbocycles. The fourth-order valence-electron chi connectivity index (χ4n) is 1.92. The standard InChI is InChI=1S/C9H15NO2/c1-12-9(11)7-4-5-10(6-7)8-2-3-8/h7-8H,2-6H2,1H3. The van der Waals surface area contributed by atoms with E-state index >= 15 is 0 Å². The Labute approximate surface area is 72.7 Å². The zero-order valence-corrected chi connectivity index (χ0v) is 7.45. The van der Waals surface area contributed by atoms with Crippen LogP contribution in [0.15, 0.2) is 0 Å². The van der Waals surface area contributed by atoms with Crippen LogP contribution in [0.2, 0.25) is 0 Å². The Morgan fingerprint density at radius 3 is 2.75 bits per heavy atom. The van der Waals surface area contributed by atoms with Gasteiger partial charge in [-0.05, 0) is 25.8 Å². The number of nitrogens with zero attached hydrogens (tertiary/aromatic N) is 1. The van der Waals surface area contributed by atoms with E-state index in [1.165, 1.54) is 20.0 Å². The molecule has 0 bridgehead atoms. The molecule has 0 amide bonds. The highest BCUT2D eigenvalue weighted by Crippen LogP contribution is 2.31. The van der Waals surface area contributed by atoms with Gasteiger partial charge >= 0.3 is 5.97 Å². The maximum absolute atomic E-state index is 11.2. The number of hydrogen-bond donors (Lipinski definition) is 0. The molecular weight excluding hydrogens is 154 g/mol. The minimum absolute atomic E-state index is 0.0295. The molecule has 0 radical (unpaired) electrons. The Bertz CT molecular complexity index is 189. The smallest absolute Gasteiger partial charge is 0.310 e. The highest BCUT2D eigenvalue weighted by atomic mass is 16.5. The minimum Gasteiger partial charge on any atom is -0.469 e. The summed E-state index contributed by atoms with van der Waals surface area (Å²) in [6.45, 7) is 2.02. The van der Waals surface area contributed by atoms with Crippen molar-refractivity contribution in [1.29, 1.82) is 0 Å². The predicted octanol–water partition coefficient (Wildman–Crippen LogP) is 0.644. The Balaban J connectivity index is 1.84. The number of hydrogen-bond acceptors (Lipinski definition) is 3. The van der Waals surface area contributed by atoms with Crippen molar-refractivity contribution < 1.29 is 9.53 Å². The van der Waals surface area contributed by atoms with E-state index in [9.17, 15) is 4.79 Å². The van der Waals surface area contributed by atoms with Gasteiger partial charge in [0.05, 0.1) is 13.0 Å². The molecule has 0 N–H and O–H groups in total. The molecule has 1 aliphatic heterocycles. The first kappa shape index (κ1) is 8.05. The summed E-state index contributed by atoms with van der Waals surface area (Å²) < 4.78 is 4.72. The molecule has 68 valence electrons. The zero-order chi connectivity index (χ0) is 8.55. The average molecular weight is 169 g/mol. The molecule has 1 heterocycles. The van der Waals surface area contributed by atoms with Gasteiger partial charge in [0.2, 0.25) is 0 Å². The normalized spacial score (nSPS) is 30.6. The van der Waals surface area contributed by atoms with Crippen LogP contribution in [-0.2, 0) is 9.53 Å². The molecule has 0 spiro atoms. The quantitative estimate of drug-likeness (QED) is 0.568. The van der Waals surface area contributed by atoms with Gasteiger partial charge in [0, 0.05) is 12.6 Å². The average Bonchev–Trinajstić information content (AvgIpc) is 2.83. The second-order valence-electron chi connectivity index (χ2n) is 3.73. The Morgan fingerprint density at radius 1 is 1.42 bits per heavy atom. The molecule has 2 rings (SSSR count). The molecule has 3 nitrogen and oxygen atoms in total. The largest absolute Gasteiger partial charge is 0.469 e. The number of ether oxygens (including phenoxy) is 1. The Hall–Kier alpha value is -0.570. The first-order valence-corrected chi connectivity index (χ1v) is 4.63. The van der Waals surface area contributed by atoms with Gasteiger partial charge in [0.25, 0.3) is 0 Å². The second-order valence-corrected chi connectivity index (χ2v) is 3.73. The van der Waals surface area contributed by atoms with E-state index < -0.39 is 0 Å². The summed E-state index contributed by atoms with van der Waals surface area (Å²) in [7, 11) is 1.47. The van der Waals surface area contributed by atoms with Crippen molar-refractivity contribution >= 4 is 5.97 Å². The van der Waals surface area contributed by atoms with Gasteiger partial charge in [0.15, 0.2) is 0 Å². The molecule has 1 atom stereocenters. The number of likely N-dealkylation sites (tertiary alicyclic amines) is 1. The van der Waals surface area contributed by atoms with E-state index in [1.807, 2.05) is 0 Å². The minimum atomic E-state index is -0.0295. The van der Waals surface area contributed by atoms with E-state index in [-0.39, 0.29) is 11.9 Å². The third kappa shape index (κ3) is 1.46. The van der Waals surface area contributed by atoms with Crippen LogP contribution in [0, 0.1) is 5.92 Å². The summed E-state index contributed by atoms with van der Waals surface area (Å²) in [5.41, 5.74) is 0. The molecule has 0 aromatic heterocycles. The van der Waals surface area contributed by atoms with E-state index in [0.29, 0.717) is 0 Å². The van der Waals surface area contributed by atoms with Crippen molar-refractivity contribution in [2.45, 2.75) is 25.3 Å². The second kappa shape index (κ2) is 3.05. The summed E-state index contributed by atoms with van der Waals surface area (Å²) in [6.07, 6.45) is 3.64. The fourth-order valence-corrected chi connectivity index (χ4v) is 1.92. The van der Waals surface area contributed by atoms with Crippen LogP contribution in [0.4, 0.5) is 0 Å². The Morgan fingerprint density at radius 2 is 2.17 bits per heavy atom. The summed E-state index contributed by atoms with van der Waals surface area (Å²) in [4.78, 5) is 13.6. The lowest BCUT2D eigenvalue weighted by Crippen LogP contribution is -2.25. The predicted molar refractivity (Wildman–Crippen MR) is 44.7 cm³/mol. The van der Waals surface area contributed by atoms with Crippen molar-refractivity contribution in [1.82, 2.24) is 4.90 Å². The van der Waals surface area contributed by atoms with Crippen LogP contribution < -0.4 is 0 Å². The molecule has 12 heavy (non-hydrogen) atoms. The van der Waals surface area contributed by atoms with E-state index in [4.69, 9.17) is 4.74 Å². The van der Waals surface area contributed by atoms with Crippen LogP contribution in [0.1, 0.15) is 19.3 Å². The number of carbonyl (C=O) groups excluding carboxylic acids is 1. The molecule has 3 heteroatoms. The van der Waals surface area contributed by atoms with Crippen molar-refractivity contribution in [3.05, 3.63) is 0 Å². The van der Waals surface area contributed by atoms with Crippen LogP contribution in [0.3, 0.4) is 0 Å². The van der Waals surface area contributed by atoms with E-state index in [2.05, 4.69) is 4.90 Å². The van der Waals surface area contributed by atoms with Gasteiger partial charge in [-0.25, -0.2) is 0 Å². The summed E-state index contributed by atoms with van der Waals surface area (Å²) in [6, 6.07) is 0.791. The molecule has 2 aliphatic rings. The van der Waals surface area contributed by atoms with Crippen LogP contribution in [0.25, 0.3) is 0 Å². The monoisotopic (exact) mass is 169 g/mol. The van der Waals surface area contributed by atoms with Gasteiger partial charge < -0.3 is 4.74 Å². The summed E-state index contributed by atoms with van der Waals surface area (Å²) >= 11 is 0. The van der Waals surface area contributed by atoms with Crippen molar-refractivity contribution in [3.63, 3.8) is 0 Å². The first-order chi connectivity index (χ1) is 5.81. The van der Waals surface area contributed by atoms with Crippen molar-refractivity contribution in [2.75, 3.05) is 20.2 Å². The molecule has 1 aliphatic carbocycles. The van der Waals surface area contributed by atoms with Crippen LogP contribution in [0.5, 0.6) is 0 Å². The lowest BCUT2D eigenvalue weighted by atomic mass is 10.1. The van der Waals surface area contributed by atoms with E-state index in [0.717, 1.165) is 25.6 Å². The fraction of sp³-hybridized carbons (Fsp3) is 0.889. The maximum Gasteiger partial charge on any atom is 0.310 e. The van der Waals surface area contributed by atoms with Crippen molar-refractivity contribution in [3.8, 4) is 0 Å². The van der Waals surface area contributed by atoms with Crippen LogP contribution >= 0.6 is 0 Å². The highest BCUT2D eigenvalue weighted by molar-refractivity contribution is 5.72. The van der Waals surface area contributed by atoms with Gasteiger partial charge in [0.1, 0.15) is 0 Å².